The summed E-state index contributed by atoms with van der Waals surface area (Å²) in [5.74, 6) is 0. The molecule has 1 heterocycles. The SMILES string of the molecule is N#CCc1cc(Br)c2ccsc2c1Br. The number of halogens is 2. The van der Waals surface area contributed by atoms with Crippen LogP contribution in [0.15, 0.2) is 26.5 Å². The molecule has 0 aliphatic heterocycles. The van der Waals surface area contributed by atoms with Crippen LogP contribution in [0.25, 0.3) is 10.1 Å². The fourth-order valence-corrected chi connectivity index (χ4v) is 3.69. The fraction of sp³-hybridized carbons (Fsp3) is 0.100. The van der Waals surface area contributed by atoms with Crippen molar-refractivity contribution in [3.63, 3.8) is 0 Å². The third-order valence-corrected chi connectivity index (χ3v) is 4.73. The van der Waals surface area contributed by atoms with Crippen molar-refractivity contribution in [2.75, 3.05) is 0 Å². The van der Waals surface area contributed by atoms with Crippen LogP contribution in [0.5, 0.6) is 0 Å². The fourth-order valence-electron chi connectivity index (χ4n) is 1.32. The molecule has 0 amide bonds. The first kappa shape index (κ1) is 10.2. The van der Waals surface area contributed by atoms with Crippen molar-refractivity contribution < 1.29 is 0 Å². The number of thiophene rings is 1. The van der Waals surface area contributed by atoms with Crippen LogP contribution in [-0.2, 0) is 6.42 Å². The van der Waals surface area contributed by atoms with Gasteiger partial charge in [-0.1, -0.05) is 15.9 Å². The molecule has 0 radical (unpaired) electrons. The molecule has 2 rings (SSSR count). The van der Waals surface area contributed by atoms with Crippen LogP contribution in [0, 0.1) is 11.3 Å². The van der Waals surface area contributed by atoms with Crippen molar-refractivity contribution in [3.05, 3.63) is 32.0 Å². The second-order valence-corrected chi connectivity index (χ2v) is 5.39. The van der Waals surface area contributed by atoms with Gasteiger partial charge >= 0.3 is 0 Å². The molecule has 4 heteroatoms. The van der Waals surface area contributed by atoms with E-state index in [1.54, 1.807) is 11.3 Å². The van der Waals surface area contributed by atoms with E-state index in [-0.39, 0.29) is 0 Å². The molecular weight excluding hydrogens is 326 g/mol. The van der Waals surface area contributed by atoms with E-state index in [0.717, 1.165) is 14.5 Å². The first-order valence-corrected chi connectivity index (χ1v) is 6.41. The van der Waals surface area contributed by atoms with Gasteiger partial charge in [0.15, 0.2) is 0 Å². The standard InChI is InChI=1S/C10H5Br2NS/c11-8-5-6(1-3-13)9(12)10-7(8)2-4-14-10/h2,4-5H,1H2. The third kappa shape index (κ3) is 1.60. The van der Waals surface area contributed by atoms with Crippen LogP contribution in [0.4, 0.5) is 0 Å². The predicted molar refractivity (Wildman–Crippen MR) is 66.5 cm³/mol. The molecule has 0 atom stereocenters. The van der Waals surface area contributed by atoms with E-state index in [1.807, 2.05) is 6.07 Å². The highest BCUT2D eigenvalue weighted by Gasteiger charge is 2.09. The second-order valence-electron chi connectivity index (χ2n) is 2.83. The van der Waals surface area contributed by atoms with Crippen LogP contribution < -0.4 is 0 Å². The Balaban J connectivity index is 2.76. The van der Waals surface area contributed by atoms with Gasteiger partial charge in [0.1, 0.15) is 0 Å². The maximum Gasteiger partial charge on any atom is 0.0670 e. The highest BCUT2D eigenvalue weighted by atomic mass is 79.9. The Bertz CT molecular complexity index is 525. The van der Waals surface area contributed by atoms with Crippen molar-refractivity contribution in [1.82, 2.24) is 0 Å². The van der Waals surface area contributed by atoms with Crippen molar-refractivity contribution in [3.8, 4) is 6.07 Å². The Morgan fingerprint density at radius 2 is 2.21 bits per heavy atom. The smallest absolute Gasteiger partial charge is 0.0670 e. The van der Waals surface area contributed by atoms with Crippen LogP contribution in [-0.4, -0.2) is 0 Å². The zero-order valence-electron chi connectivity index (χ0n) is 7.05. The van der Waals surface area contributed by atoms with Gasteiger partial charge in [-0.2, -0.15) is 5.26 Å². The zero-order chi connectivity index (χ0) is 10.1. The maximum atomic E-state index is 8.67. The van der Waals surface area contributed by atoms with Gasteiger partial charge in [-0.05, 0) is 39.0 Å². The molecule has 0 spiro atoms. The van der Waals surface area contributed by atoms with Gasteiger partial charge in [-0.15, -0.1) is 11.3 Å². The largest absolute Gasteiger partial charge is 0.198 e. The summed E-state index contributed by atoms with van der Waals surface area (Å²) in [4.78, 5) is 0. The summed E-state index contributed by atoms with van der Waals surface area (Å²) < 4.78 is 3.30. The summed E-state index contributed by atoms with van der Waals surface area (Å²) in [5, 5.41) is 11.9. The predicted octanol–water partition coefficient (Wildman–Crippen LogP) is 4.49. The van der Waals surface area contributed by atoms with E-state index in [0.29, 0.717) is 6.42 Å². The average molecular weight is 331 g/mol. The van der Waals surface area contributed by atoms with E-state index in [2.05, 4.69) is 49.4 Å². The third-order valence-electron chi connectivity index (χ3n) is 1.97. The van der Waals surface area contributed by atoms with Crippen molar-refractivity contribution in [2.45, 2.75) is 6.42 Å². The van der Waals surface area contributed by atoms with Crippen LogP contribution in [0.1, 0.15) is 5.56 Å². The molecule has 1 nitrogen and oxygen atoms in total. The average Bonchev–Trinajstić information content (AvgIpc) is 2.63. The molecule has 2 aromatic rings. The summed E-state index contributed by atoms with van der Waals surface area (Å²) in [6, 6.07) is 6.24. The number of hydrogen-bond donors (Lipinski definition) is 0. The zero-order valence-corrected chi connectivity index (χ0v) is 11.0. The quantitative estimate of drug-likeness (QED) is 0.755. The van der Waals surface area contributed by atoms with E-state index >= 15 is 0 Å². The number of hydrogen-bond acceptors (Lipinski definition) is 2. The van der Waals surface area contributed by atoms with Crippen molar-refractivity contribution in [2.24, 2.45) is 0 Å². The molecule has 0 fully saturated rings. The monoisotopic (exact) mass is 329 g/mol. The molecule has 0 unspecified atom stereocenters. The lowest BCUT2D eigenvalue weighted by atomic mass is 10.1. The summed E-state index contributed by atoms with van der Waals surface area (Å²) >= 11 is 8.72. The van der Waals surface area contributed by atoms with Crippen LogP contribution >= 0.6 is 43.2 Å². The maximum absolute atomic E-state index is 8.67. The topological polar surface area (TPSA) is 23.8 Å². The van der Waals surface area contributed by atoms with E-state index in [9.17, 15) is 0 Å². The van der Waals surface area contributed by atoms with Gasteiger partial charge in [0.2, 0.25) is 0 Å². The van der Waals surface area contributed by atoms with Crippen molar-refractivity contribution in [1.29, 1.82) is 5.26 Å². The molecule has 0 saturated carbocycles. The highest BCUT2D eigenvalue weighted by molar-refractivity contribution is 9.11. The van der Waals surface area contributed by atoms with Gasteiger partial charge in [-0.3, -0.25) is 0 Å². The molecule has 0 aliphatic rings. The minimum absolute atomic E-state index is 0.438. The molecule has 70 valence electrons. The first-order chi connectivity index (χ1) is 6.74. The lowest BCUT2D eigenvalue weighted by Crippen LogP contribution is -1.84. The number of rotatable bonds is 1. The molecule has 0 aliphatic carbocycles. The Hall–Kier alpha value is -0.370. The van der Waals surface area contributed by atoms with Gasteiger partial charge in [0.25, 0.3) is 0 Å². The normalized spacial score (nSPS) is 10.4. The summed E-state index contributed by atoms with van der Waals surface area (Å²) in [6.45, 7) is 0. The highest BCUT2D eigenvalue weighted by Crippen LogP contribution is 2.37. The number of nitrogens with zero attached hydrogens (tertiary/aromatic N) is 1. The molecule has 0 bridgehead atoms. The number of fused-ring (bicyclic) bond motifs is 1. The minimum atomic E-state index is 0.438. The number of nitriles is 1. The first-order valence-electron chi connectivity index (χ1n) is 3.95. The lowest BCUT2D eigenvalue weighted by Gasteiger charge is -2.03. The van der Waals surface area contributed by atoms with Gasteiger partial charge in [0.05, 0.1) is 12.5 Å². The van der Waals surface area contributed by atoms with Gasteiger partial charge in [0, 0.05) is 19.0 Å². The lowest BCUT2D eigenvalue weighted by molar-refractivity contribution is 1.26. The molecule has 0 N–H and O–H groups in total. The Morgan fingerprint density at radius 3 is 2.93 bits per heavy atom. The molecule has 0 saturated heterocycles. The van der Waals surface area contributed by atoms with Crippen LogP contribution in [0.3, 0.4) is 0 Å². The summed E-state index contributed by atoms with van der Waals surface area (Å²) in [6.07, 6.45) is 0.438. The Kier molecular flexibility index (Phi) is 2.91. The molecule has 1 aromatic carbocycles. The summed E-state index contributed by atoms with van der Waals surface area (Å²) in [5.41, 5.74) is 1.04. The minimum Gasteiger partial charge on any atom is -0.198 e. The van der Waals surface area contributed by atoms with Crippen molar-refractivity contribution >= 4 is 53.3 Å². The van der Waals surface area contributed by atoms with E-state index in [4.69, 9.17) is 5.26 Å². The van der Waals surface area contributed by atoms with Crippen LogP contribution in [0.2, 0.25) is 0 Å². The Labute approximate surface area is 103 Å². The van der Waals surface area contributed by atoms with Gasteiger partial charge in [-0.25, -0.2) is 0 Å². The van der Waals surface area contributed by atoms with E-state index in [1.165, 1.54) is 10.1 Å². The van der Waals surface area contributed by atoms with Gasteiger partial charge < -0.3 is 0 Å². The Morgan fingerprint density at radius 1 is 1.43 bits per heavy atom. The summed E-state index contributed by atoms with van der Waals surface area (Å²) in [7, 11) is 0. The number of benzene rings is 1. The molecule has 14 heavy (non-hydrogen) atoms. The molecule has 1 aromatic heterocycles. The second kappa shape index (κ2) is 4.01. The molecular formula is C10H5Br2NS. The van der Waals surface area contributed by atoms with E-state index < -0.39 is 0 Å².